The van der Waals surface area contributed by atoms with Gasteiger partial charge >= 0.3 is 0 Å². The molecule has 0 aliphatic rings. The van der Waals surface area contributed by atoms with Crippen LogP contribution in [0.1, 0.15) is 21.5 Å². The van der Waals surface area contributed by atoms with Crippen molar-refractivity contribution in [2.24, 2.45) is 0 Å². The van der Waals surface area contributed by atoms with Crippen LogP contribution in [0.3, 0.4) is 0 Å². The van der Waals surface area contributed by atoms with Crippen molar-refractivity contribution in [1.82, 2.24) is 9.97 Å². The second-order valence-corrected chi connectivity index (χ2v) is 6.68. The molecule has 0 aliphatic heterocycles. The molecule has 2 N–H and O–H groups in total. The number of carbonyl (C=O) groups is 1. The third kappa shape index (κ3) is 4.64. The van der Waals surface area contributed by atoms with Gasteiger partial charge in [0.2, 0.25) is 5.95 Å². The van der Waals surface area contributed by atoms with Gasteiger partial charge < -0.3 is 10.6 Å². The molecule has 0 atom stereocenters. The zero-order valence-corrected chi connectivity index (χ0v) is 15.5. The van der Waals surface area contributed by atoms with Crippen molar-refractivity contribution >= 4 is 39.2 Å². The Kier molecular flexibility index (Phi) is 5.09. The fourth-order valence-electron chi connectivity index (χ4n) is 2.46. The smallest absolute Gasteiger partial charge is 0.258 e. The molecular weight excluding hydrogens is 380 g/mol. The van der Waals surface area contributed by atoms with Crippen LogP contribution in [0.5, 0.6) is 0 Å². The maximum absolute atomic E-state index is 12.3. The van der Waals surface area contributed by atoms with Gasteiger partial charge in [0.05, 0.1) is 5.56 Å². The Morgan fingerprint density at radius 3 is 2.28 bits per heavy atom. The minimum absolute atomic E-state index is 0.237. The summed E-state index contributed by atoms with van der Waals surface area (Å²) in [5, 5.41) is 5.96. The van der Waals surface area contributed by atoms with Crippen molar-refractivity contribution in [3.8, 4) is 0 Å². The summed E-state index contributed by atoms with van der Waals surface area (Å²) in [7, 11) is 0. The number of carbonyl (C=O) groups excluding carboxylic acids is 1. The molecule has 25 heavy (non-hydrogen) atoms. The van der Waals surface area contributed by atoms with Crippen LogP contribution in [-0.4, -0.2) is 15.9 Å². The van der Waals surface area contributed by atoms with E-state index in [0.717, 1.165) is 27.0 Å². The first-order chi connectivity index (χ1) is 12.0. The Morgan fingerprint density at radius 2 is 1.64 bits per heavy atom. The number of halogens is 1. The normalized spacial score (nSPS) is 10.4. The van der Waals surface area contributed by atoms with E-state index in [9.17, 15) is 4.79 Å². The molecule has 0 radical (unpaired) electrons. The molecule has 0 bridgehead atoms. The quantitative estimate of drug-likeness (QED) is 0.661. The Bertz CT molecular complexity index is 889. The molecule has 0 aliphatic carbocycles. The highest BCUT2D eigenvalue weighted by Gasteiger charge is 2.08. The predicted octanol–water partition coefficient (Wildman–Crippen LogP) is 4.85. The van der Waals surface area contributed by atoms with Crippen molar-refractivity contribution in [2.75, 3.05) is 10.6 Å². The van der Waals surface area contributed by atoms with Crippen LogP contribution in [0.4, 0.5) is 17.3 Å². The van der Waals surface area contributed by atoms with Gasteiger partial charge in [-0.25, -0.2) is 9.97 Å². The molecule has 2 aromatic carbocycles. The summed E-state index contributed by atoms with van der Waals surface area (Å²) in [5.74, 6) is 0.194. The minimum atomic E-state index is -0.237. The van der Waals surface area contributed by atoms with E-state index in [-0.39, 0.29) is 5.91 Å². The Morgan fingerprint density at radius 1 is 0.960 bits per heavy atom. The fraction of sp³-hybridized carbons (Fsp3) is 0.105. The topological polar surface area (TPSA) is 66.9 Å². The first-order valence-electron chi connectivity index (χ1n) is 7.74. The summed E-state index contributed by atoms with van der Waals surface area (Å²) in [5.41, 5.74) is 4.22. The highest BCUT2D eigenvalue weighted by Crippen LogP contribution is 2.19. The lowest BCUT2D eigenvalue weighted by Crippen LogP contribution is -2.13. The maximum Gasteiger partial charge on any atom is 0.258 e. The molecule has 0 unspecified atom stereocenters. The number of aryl methyl sites for hydroxylation is 2. The van der Waals surface area contributed by atoms with Crippen molar-refractivity contribution in [3.63, 3.8) is 0 Å². The number of hydrogen-bond donors (Lipinski definition) is 2. The molecule has 1 aromatic heterocycles. The minimum Gasteiger partial charge on any atom is -0.324 e. The van der Waals surface area contributed by atoms with Crippen LogP contribution >= 0.6 is 15.9 Å². The van der Waals surface area contributed by atoms with Gasteiger partial charge in [-0.2, -0.15) is 0 Å². The molecule has 6 heteroatoms. The molecular formula is C19H17BrN4O. The SMILES string of the molecule is Cc1cc(C)cc(NC(=O)c2cnc(Nc3cccc(Br)c3)nc2)c1. The predicted molar refractivity (Wildman–Crippen MR) is 103 cm³/mol. The van der Waals surface area contributed by atoms with E-state index in [0.29, 0.717) is 11.5 Å². The molecule has 0 saturated heterocycles. The first-order valence-corrected chi connectivity index (χ1v) is 8.53. The van der Waals surface area contributed by atoms with E-state index in [4.69, 9.17) is 0 Å². The number of benzene rings is 2. The van der Waals surface area contributed by atoms with E-state index in [2.05, 4.69) is 42.6 Å². The van der Waals surface area contributed by atoms with Gasteiger partial charge in [-0.3, -0.25) is 4.79 Å². The Hall–Kier alpha value is -2.73. The number of amides is 1. The van der Waals surface area contributed by atoms with Gasteiger partial charge in [0.15, 0.2) is 0 Å². The summed E-state index contributed by atoms with van der Waals surface area (Å²) in [6, 6.07) is 13.6. The van der Waals surface area contributed by atoms with E-state index >= 15 is 0 Å². The Balaban J connectivity index is 1.70. The number of nitrogens with zero attached hydrogens (tertiary/aromatic N) is 2. The van der Waals surface area contributed by atoms with Crippen LogP contribution in [0.25, 0.3) is 0 Å². The number of rotatable bonds is 4. The summed E-state index contributed by atoms with van der Waals surface area (Å²) in [4.78, 5) is 20.7. The van der Waals surface area contributed by atoms with Crippen molar-refractivity contribution in [2.45, 2.75) is 13.8 Å². The lowest BCUT2D eigenvalue weighted by Gasteiger charge is -2.08. The van der Waals surface area contributed by atoms with E-state index < -0.39 is 0 Å². The van der Waals surface area contributed by atoms with E-state index in [1.807, 2.05) is 50.2 Å². The van der Waals surface area contributed by atoms with Crippen molar-refractivity contribution < 1.29 is 4.79 Å². The highest BCUT2D eigenvalue weighted by molar-refractivity contribution is 9.10. The third-order valence-corrected chi connectivity index (χ3v) is 3.97. The van der Waals surface area contributed by atoms with Gasteiger partial charge in [-0.1, -0.05) is 28.1 Å². The third-order valence-electron chi connectivity index (χ3n) is 3.47. The monoisotopic (exact) mass is 396 g/mol. The van der Waals surface area contributed by atoms with Crippen LogP contribution in [-0.2, 0) is 0 Å². The lowest BCUT2D eigenvalue weighted by molar-refractivity contribution is 0.102. The summed E-state index contributed by atoms with van der Waals surface area (Å²) in [6.07, 6.45) is 3.01. The van der Waals surface area contributed by atoms with E-state index in [1.54, 1.807) is 0 Å². The van der Waals surface area contributed by atoms with Gasteiger partial charge in [0.25, 0.3) is 5.91 Å². The zero-order chi connectivity index (χ0) is 17.8. The summed E-state index contributed by atoms with van der Waals surface area (Å²) < 4.78 is 0.960. The van der Waals surface area contributed by atoms with Gasteiger partial charge in [0, 0.05) is 28.2 Å². The maximum atomic E-state index is 12.3. The Labute approximate surface area is 154 Å². The van der Waals surface area contributed by atoms with Crippen molar-refractivity contribution in [3.05, 3.63) is 76.0 Å². The highest BCUT2D eigenvalue weighted by atomic mass is 79.9. The van der Waals surface area contributed by atoms with E-state index in [1.165, 1.54) is 12.4 Å². The summed E-state index contributed by atoms with van der Waals surface area (Å²) >= 11 is 3.41. The molecule has 3 aromatic rings. The zero-order valence-electron chi connectivity index (χ0n) is 13.9. The molecule has 126 valence electrons. The van der Waals surface area contributed by atoms with Crippen LogP contribution in [0.2, 0.25) is 0 Å². The number of nitrogens with one attached hydrogen (secondary N) is 2. The van der Waals surface area contributed by atoms with Crippen LogP contribution < -0.4 is 10.6 Å². The standard InChI is InChI=1S/C19H17BrN4O/c1-12-6-13(2)8-17(7-12)23-18(25)14-10-21-19(22-11-14)24-16-5-3-4-15(20)9-16/h3-11H,1-2H3,(H,23,25)(H,21,22,24). The van der Waals surface area contributed by atoms with Crippen LogP contribution in [0, 0.1) is 13.8 Å². The number of aromatic nitrogens is 2. The molecule has 1 amide bonds. The van der Waals surface area contributed by atoms with Crippen LogP contribution in [0.15, 0.2) is 59.3 Å². The molecule has 1 heterocycles. The van der Waals surface area contributed by atoms with Gasteiger partial charge in [-0.05, 0) is 55.3 Å². The number of anilines is 3. The molecule has 0 fully saturated rings. The molecule has 0 spiro atoms. The first kappa shape index (κ1) is 17.1. The van der Waals surface area contributed by atoms with Gasteiger partial charge in [-0.15, -0.1) is 0 Å². The lowest BCUT2D eigenvalue weighted by atomic mass is 10.1. The molecule has 5 nitrogen and oxygen atoms in total. The van der Waals surface area contributed by atoms with Crippen molar-refractivity contribution in [1.29, 1.82) is 0 Å². The van der Waals surface area contributed by atoms with Gasteiger partial charge in [0.1, 0.15) is 0 Å². The molecule has 3 rings (SSSR count). The largest absolute Gasteiger partial charge is 0.324 e. The fourth-order valence-corrected chi connectivity index (χ4v) is 2.85. The second kappa shape index (κ2) is 7.44. The second-order valence-electron chi connectivity index (χ2n) is 5.76. The molecule has 0 saturated carbocycles. The summed E-state index contributed by atoms with van der Waals surface area (Å²) in [6.45, 7) is 3.99. The average molecular weight is 397 g/mol. The average Bonchev–Trinajstić information content (AvgIpc) is 2.54. The number of hydrogen-bond acceptors (Lipinski definition) is 4.